The second-order valence-corrected chi connectivity index (χ2v) is 4.83. The van der Waals surface area contributed by atoms with Crippen LogP contribution >= 0.6 is 0 Å². The maximum absolute atomic E-state index is 11.9. The topological polar surface area (TPSA) is 102 Å². The molecule has 1 aromatic carbocycles. The highest BCUT2D eigenvalue weighted by Crippen LogP contribution is 2.04. The van der Waals surface area contributed by atoms with E-state index in [1.54, 1.807) is 7.11 Å². The van der Waals surface area contributed by atoms with Crippen molar-refractivity contribution >= 4 is 11.9 Å². The van der Waals surface area contributed by atoms with Crippen molar-refractivity contribution in [3.8, 4) is 0 Å². The molecule has 6 nitrogen and oxygen atoms in total. The molecule has 0 aliphatic rings. The van der Waals surface area contributed by atoms with Crippen molar-refractivity contribution in [1.29, 1.82) is 0 Å². The average molecular weight is 294 g/mol. The van der Waals surface area contributed by atoms with E-state index in [1.807, 2.05) is 30.3 Å². The molecule has 116 valence electrons. The molecule has 1 amide bonds. The third-order valence-corrected chi connectivity index (χ3v) is 3.10. The molecule has 0 saturated heterocycles. The summed E-state index contributed by atoms with van der Waals surface area (Å²) in [6, 6.07) is 7.44. The molecule has 0 bridgehead atoms. The second kappa shape index (κ2) is 9.10. The predicted octanol–water partition coefficient (Wildman–Crippen LogP) is 0.552. The fraction of sp³-hybridized carbons (Fsp3) is 0.467. The zero-order valence-corrected chi connectivity index (χ0v) is 12.1. The number of rotatable bonds is 9. The van der Waals surface area contributed by atoms with Crippen LogP contribution in [-0.2, 0) is 20.7 Å². The largest absolute Gasteiger partial charge is 0.480 e. The Morgan fingerprint density at radius 3 is 2.57 bits per heavy atom. The number of benzene rings is 1. The van der Waals surface area contributed by atoms with Gasteiger partial charge in [0.25, 0.3) is 0 Å². The summed E-state index contributed by atoms with van der Waals surface area (Å²) in [6.45, 7) is 0.521. The minimum absolute atomic E-state index is 0.229. The van der Waals surface area contributed by atoms with E-state index in [1.165, 1.54) is 0 Å². The third kappa shape index (κ3) is 6.37. The quantitative estimate of drug-likeness (QED) is 0.577. The normalized spacial score (nSPS) is 13.4. The van der Waals surface area contributed by atoms with Crippen LogP contribution in [0.1, 0.15) is 18.4 Å². The number of amides is 1. The standard InChI is InChI=1S/C15H22N2O4/c1-21-9-5-8-12(16)14(18)17-13(15(19)20)10-11-6-3-2-4-7-11/h2-4,6-7,12-13H,5,8-10,16H2,1H3,(H,17,18)(H,19,20)/t12?,13-/m0/s1. The molecule has 0 aromatic heterocycles. The van der Waals surface area contributed by atoms with Gasteiger partial charge >= 0.3 is 5.97 Å². The lowest BCUT2D eigenvalue weighted by molar-refractivity contribution is -0.142. The second-order valence-electron chi connectivity index (χ2n) is 4.83. The zero-order chi connectivity index (χ0) is 15.7. The number of aliphatic carboxylic acids is 1. The summed E-state index contributed by atoms with van der Waals surface area (Å²) in [6.07, 6.45) is 1.34. The summed E-state index contributed by atoms with van der Waals surface area (Å²) >= 11 is 0. The van der Waals surface area contributed by atoms with E-state index >= 15 is 0 Å². The molecule has 21 heavy (non-hydrogen) atoms. The van der Waals surface area contributed by atoms with Gasteiger partial charge in [-0.05, 0) is 18.4 Å². The average Bonchev–Trinajstić information content (AvgIpc) is 2.47. The summed E-state index contributed by atoms with van der Waals surface area (Å²) in [5.74, 6) is -1.52. The number of carbonyl (C=O) groups excluding carboxylic acids is 1. The number of carboxylic acid groups (broad SMARTS) is 1. The van der Waals surface area contributed by atoms with E-state index in [2.05, 4.69) is 5.32 Å². The molecule has 0 saturated carbocycles. The molecule has 0 fully saturated rings. The Balaban J connectivity index is 2.54. The van der Waals surface area contributed by atoms with Gasteiger partial charge in [-0.2, -0.15) is 0 Å². The molecule has 1 rings (SSSR count). The predicted molar refractivity (Wildman–Crippen MR) is 78.8 cm³/mol. The molecule has 4 N–H and O–H groups in total. The van der Waals surface area contributed by atoms with Gasteiger partial charge in [-0.25, -0.2) is 4.79 Å². The van der Waals surface area contributed by atoms with E-state index in [4.69, 9.17) is 10.5 Å². The SMILES string of the molecule is COCCCC(N)C(=O)N[C@@H](Cc1ccccc1)C(=O)O. The van der Waals surface area contributed by atoms with Crippen LogP contribution in [-0.4, -0.2) is 42.8 Å². The number of methoxy groups -OCH3 is 1. The van der Waals surface area contributed by atoms with Gasteiger partial charge in [0.15, 0.2) is 0 Å². The van der Waals surface area contributed by atoms with E-state index < -0.39 is 24.0 Å². The first-order valence-electron chi connectivity index (χ1n) is 6.86. The molecule has 2 atom stereocenters. The van der Waals surface area contributed by atoms with E-state index in [0.717, 1.165) is 5.56 Å². The van der Waals surface area contributed by atoms with Crippen molar-refractivity contribution in [2.24, 2.45) is 5.73 Å². The van der Waals surface area contributed by atoms with Crippen molar-refractivity contribution in [2.45, 2.75) is 31.3 Å². The van der Waals surface area contributed by atoms with Crippen LogP contribution in [0.4, 0.5) is 0 Å². The number of carbonyl (C=O) groups is 2. The maximum atomic E-state index is 11.9. The number of ether oxygens (including phenoxy) is 1. The van der Waals surface area contributed by atoms with Gasteiger partial charge in [-0.1, -0.05) is 30.3 Å². The van der Waals surface area contributed by atoms with Gasteiger partial charge in [-0.3, -0.25) is 4.79 Å². The van der Waals surface area contributed by atoms with Crippen molar-refractivity contribution < 1.29 is 19.4 Å². The Morgan fingerprint density at radius 1 is 1.33 bits per heavy atom. The molecular formula is C15H22N2O4. The molecule has 6 heteroatoms. The summed E-state index contributed by atoms with van der Waals surface area (Å²) in [5, 5.41) is 11.7. The molecule has 1 aromatic rings. The van der Waals surface area contributed by atoms with Crippen LogP contribution in [0.3, 0.4) is 0 Å². The monoisotopic (exact) mass is 294 g/mol. The van der Waals surface area contributed by atoms with E-state index in [-0.39, 0.29) is 6.42 Å². The Labute approximate surface area is 124 Å². The van der Waals surface area contributed by atoms with Gasteiger partial charge in [0.2, 0.25) is 5.91 Å². The third-order valence-electron chi connectivity index (χ3n) is 3.10. The lowest BCUT2D eigenvalue weighted by Crippen LogP contribution is -2.49. The molecule has 0 heterocycles. The number of hydrogen-bond donors (Lipinski definition) is 3. The Kier molecular flexibility index (Phi) is 7.42. The minimum atomic E-state index is -1.07. The van der Waals surface area contributed by atoms with Gasteiger partial charge in [0, 0.05) is 20.1 Å². The Hall–Kier alpha value is -1.92. The first-order valence-corrected chi connectivity index (χ1v) is 6.86. The lowest BCUT2D eigenvalue weighted by Gasteiger charge is -2.18. The molecule has 0 radical (unpaired) electrons. The number of carboxylic acids is 1. The summed E-state index contributed by atoms with van der Waals surface area (Å²) in [5.41, 5.74) is 6.58. The van der Waals surface area contributed by atoms with Crippen molar-refractivity contribution in [3.05, 3.63) is 35.9 Å². The molecular weight excluding hydrogens is 272 g/mol. The highest BCUT2D eigenvalue weighted by atomic mass is 16.5. The zero-order valence-electron chi connectivity index (χ0n) is 12.1. The van der Waals surface area contributed by atoms with Crippen LogP contribution in [0, 0.1) is 0 Å². The first kappa shape index (κ1) is 17.1. The van der Waals surface area contributed by atoms with Crippen LogP contribution in [0.25, 0.3) is 0 Å². The van der Waals surface area contributed by atoms with Gasteiger partial charge in [-0.15, -0.1) is 0 Å². The van der Waals surface area contributed by atoms with Crippen molar-refractivity contribution in [2.75, 3.05) is 13.7 Å². The van der Waals surface area contributed by atoms with Gasteiger partial charge < -0.3 is 20.9 Å². The molecule has 0 aliphatic carbocycles. The lowest BCUT2D eigenvalue weighted by atomic mass is 10.1. The Morgan fingerprint density at radius 2 is 2.00 bits per heavy atom. The van der Waals surface area contributed by atoms with Crippen LogP contribution in [0.5, 0.6) is 0 Å². The van der Waals surface area contributed by atoms with E-state index in [0.29, 0.717) is 19.4 Å². The first-order chi connectivity index (χ1) is 10.0. The molecule has 1 unspecified atom stereocenters. The number of nitrogens with two attached hydrogens (primary N) is 1. The van der Waals surface area contributed by atoms with E-state index in [9.17, 15) is 14.7 Å². The summed E-state index contributed by atoms with van der Waals surface area (Å²) in [4.78, 5) is 23.1. The van der Waals surface area contributed by atoms with Crippen LogP contribution in [0.2, 0.25) is 0 Å². The maximum Gasteiger partial charge on any atom is 0.326 e. The fourth-order valence-corrected chi connectivity index (χ4v) is 1.91. The summed E-state index contributed by atoms with van der Waals surface area (Å²) < 4.78 is 4.89. The summed E-state index contributed by atoms with van der Waals surface area (Å²) in [7, 11) is 1.58. The number of hydrogen-bond acceptors (Lipinski definition) is 4. The minimum Gasteiger partial charge on any atom is -0.480 e. The molecule has 0 aliphatic heterocycles. The highest BCUT2D eigenvalue weighted by Gasteiger charge is 2.23. The van der Waals surface area contributed by atoms with Crippen LogP contribution < -0.4 is 11.1 Å². The van der Waals surface area contributed by atoms with Crippen LogP contribution in [0.15, 0.2) is 30.3 Å². The number of nitrogens with one attached hydrogen (secondary N) is 1. The smallest absolute Gasteiger partial charge is 0.326 e. The highest BCUT2D eigenvalue weighted by molar-refractivity contribution is 5.86. The Bertz CT molecular complexity index is 450. The fourth-order valence-electron chi connectivity index (χ4n) is 1.91. The van der Waals surface area contributed by atoms with Gasteiger partial charge in [0.1, 0.15) is 6.04 Å². The van der Waals surface area contributed by atoms with Crippen molar-refractivity contribution in [1.82, 2.24) is 5.32 Å². The molecule has 0 spiro atoms. The van der Waals surface area contributed by atoms with Crippen molar-refractivity contribution in [3.63, 3.8) is 0 Å². The van der Waals surface area contributed by atoms with Gasteiger partial charge in [0.05, 0.1) is 6.04 Å².